The predicted molar refractivity (Wildman–Crippen MR) is 88.9 cm³/mol. The number of aliphatic carboxylic acids is 1. The van der Waals surface area contributed by atoms with Gasteiger partial charge in [0.1, 0.15) is 0 Å². The van der Waals surface area contributed by atoms with Gasteiger partial charge in [-0.05, 0) is 24.5 Å². The van der Waals surface area contributed by atoms with Crippen molar-refractivity contribution in [1.82, 2.24) is 0 Å². The standard InChI is InChI=1S/C18H27ClO2/c1-2-3-4-5-6-7-8-12-16(18(20)21)14-15-11-9-10-13-17(15)19/h9-11,13,16H,2-8,12,14H2,1H3,(H,20,21). The van der Waals surface area contributed by atoms with Gasteiger partial charge >= 0.3 is 5.97 Å². The maximum atomic E-state index is 11.4. The summed E-state index contributed by atoms with van der Waals surface area (Å²) in [7, 11) is 0. The summed E-state index contributed by atoms with van der Waals surface area (Å²) >= 11 is 6.11. The molecule has 0 radical (unpaired) electrons. The van der Waals surface area contributed by atoms with Gasteiger partial charge in [0.2, 0.25) is 0 Å². The molecule has 0 fully saturated rings. The van der Waals surface area contributed by atoms with Gasteiger partial charge in [-0.15, -0.1) is 0 Å². The third kappa shape index (κ3) is 7.52. The zero-order chi connectivity index (χ0) is 15.5. The van der Waals surface area contributed by atoms with Gasteiger partial charge in [-0.2, -0.15) is 0 Å². The Hall–Kier alpha value is -1.02. The van der Waals surface area contributed by atoms with Crippen LogP contribution >= 0.6 is 11.6 Å². The second-order valence-electron chi connectivity index (χ2n) is 5.74. The summed E-state index contributed by atoms with van der Waals surface area (Å²) < 4.78 is 0. The Bertz CT molecular complexity index is 417. The number of rotatable bonds is 11. The van der Waals surface area contributed by atoms with E-state index >= 15 is 0 Å². The predicted octanol–water partition coefficient (Wildman–Crippen LogP) is 5.72. The number of halogens is 1. The van der Waals surface area contributed by atoms with E-state index in [2.05, 4.69) is 6.92 Å². The number of hydrogen-bond donors (Lipinski definition) is 1. The molecule has 1 unspecified atom stereocenters. The number of unbranched alkanes of at least 4 members (excludes halogenated alkanes) is 6. The van der Waals surface area contributed by atoms with Gasteiger partial charge in [-0.3, -0.25) is 4.79 Å². The number of hydrogen-bond acceptors (Lipinski definition) is 1. The lowest BCUT2D eigenvalue weighted by Gasteiger charge is -2.13. The van der Waals surface area contributed by atoms with Crippen LogP contribution in [0.1, 0.15) is 63.9 Å². The first-order chi connectivity index (χ1) is 10.1. The molecule has 21 heavy (non-hydrogen) atoms. The van der Waals surface area contributed by atoms with Crippen LogP contribution < -0.4 is 0 Å². The highest BCUT2D eigenvalue weighted by Gasteiger charge is 2.18. The molecule has 0 bridgehead atoms. The molecule has 0 aliphatic heterocycles. The van der Waals surface area contributed by atoms with Crippen molar-refractivity contribution in [2.75, 3.05) is 0 Å². The van der Waals surface area contributed by atoms with Crippen LogP contribution in [0.5, 0.6) is 0 Å². The van der Waals surface area contributed by atoms with Crippen molar-refractivity contribution in [3.05, 3.63) is 34.9 Å². The van der Waals surface area contributed by atoms with Crippen LogP contribution in [0, 0.1) is 5.92 Å². The lowest BCUT2D eigenvalue weighted by atomic mass is 9.93. The molecule has 3 heteroatoms. The third-order valence-corrected chi connectivity index (χ3v) is 4.30. The minimum Gasteiger partial charge on any atom is -0.481 e. The van der Waals surface area contributed by atoms with Crippen molar-refractivity contribution in [2.45, 2.75) is 64.7 Å². The van der Waals surface area contributed by atoms with E-state index in [1.165, 1.54) is 32.1 Å². The summed E-state index contributed by atoms with van der Waals surface area (Å²) in [6.45, 7) is 2.21. The third-order valence-electron chi connectivity index (χ3n) is 3.93. The number of carboxylic acids is 1. The molecule has 2 nitrogen and oxygen atoms in total. The lowest BCUT2D eigenvalue weighted by molar-refractivity contribution is -0.142. The molecular weight excluding hydrogens is 284 g/mol. The molecule has 0 aliphatic carbocycles. The molecule has 1 rings (SSSR count). The smallest absolute Gasteiger partial charge is 0.306 e. The SMILES string of the molecule is CCCCCCCCCC(Cc1ccccc1Cl)C(=O)O. The van der Waals surface area contributed by atoms with Gasteiger partial charge in [-0.1, -0.05) is 81.7 Å². The van der Waals surface area contributed by atoms with E-state index in [0.717, 1.165) is 24.8 Å². The van der Waals surface area contributed by atoms with E-state index in [9.17, 15) is 9.90 Å². The van der Waals surface area contributed by atoms with Crippen molar-refractivity contribution >= 4 is 17.6 Å². The largest absolute Gasteiger partial charge is 0.481 e. The number of benzene rings is 1. The van der Waals surface area contributed by atoms with Crippen LogP contribution in [0.25, 0.3) is 0 Å². The minimum atomic E-state index is -0.707. The summed E-state index contributed by atoms with van der Waals surface area (Å²) in [6.07, 6.45) is 9.78. The fraction of sp³-hybridized carbons (Fsp3) is 0.611. The Morgan fingerprint density at radius 2 is 1.71 bits per heavy atom. The van der Waals surface area contributed by atoms with Crippen molar-refractivity contribution in [3.8, 4) is 0 Å². The molecule has 1 aromatic rings. The monoisotopic (exact) mass is 310 g/mol. The average molecular weight is 311 g/mol. The fourth-order valence-corrected chi connectivity index (χ4v) is 2.80. The van der Waals surface area contributed by atoms with Crippen molar-refractivity contribution in [1.29, 1.82) is 0 Å². The topological polar surface area (TPSA) is 37.3 Å². The zero-order valence-electron chi connectivity index (χ0n) is 13.0. The molecule has 0 saturated carbocycles. The van der Waals surface area contributed by atoms with Crippen LogP contribution in [-0.4, -0.2) is 11.1 Å². The first-order valence-electron chi connectivity index (χ1n) is 8.11. The minimum absolute atomic E-state index is 0.319. The Morgan fingerprint density at radius 3 is 2.33 bits per heavy atom. The highest BCUT2D eigenvalue weighted by Crippen LogP contribution is 2.22. The van der Waals surface area contributed by atoms with E-state index in [-0.39, 0.29) is 5.92 Å². The first kappa shape index (κ1) is 18.0. The summed E-state index contributed by atoms with van der Waals surface area (Å²) in [5.41, 5.74) is 0.939. The quantitative estimate of drug-likeness (QED) is 0.530. The van der Waals surface area contributed by atoms with Crippen molar-refractivity contribution < 1.29 is 9.90 Å². The molecule has 0 spiro atoms. The average Bonchev–Trinajstić information content (AvgIpc) is 2.46. The molecule has 0 aromatic heterocycles. The van der Waals surface area contributed by atoms with E-state index < -0.39 is 5.97 Å². The van der Waals surface area contributed by atoms with E-state index in [4.69, 9.17) is 11.6 Å². The maximum absolute atomic E-state index is 11.4. The highest BCUT2D eigenvalue weighted by atomic mass is 35.5. The molecule has 0 heterocycles. The Kier molecular flexibility index (Phi) is 9.16. The summed E-state index contributed by atoms with van der Waals surface area (Å²) in [4.78, 5) is 11.4. The Morgan fingerprint density at radius 1 is 1.10 bits per heavy atom. The fourth-order valence-electron chi connectivity index (χ4n) is 2.59. The maximum Gasteiger partial charge on any atom is 0.306 e. The summed E-state index contributed by atoms with van der Waals surface area (Å²) in [5, 5.41) is 10.0. The van der Waals surface area contributed by atoms with E-state index in [1.807, 2.05) is 24.3 Å². The molecule has 1 aromatic carbocycles. The first-order valence-corrected chi connectivity index (χ1v) is 8.49. The van der Waals surface area contributed by atoms with Gasteiger partial charge in [0, 0.05) is 5.02 Å². The normalized spacial score (nSPS) is 12.3. The second-order valence-corrected chi connectivity index (χ2v) is 6.15. The van der Waals surface area contributed by atoms with E-state index in [1.54, 1.807) is 0 Å². The number of carbonyl (C=O) groups is 1. The van der Waals surface area contributed by atoms with Gasteiger partial charge < -0.3 is 5.11 Å². The molecular formula is C18H27ClO2. The molecule has 0 aliphatic rings. The summed E-state index contributed by atoms with van der Waals surface area (Å²) in [5.74, 6) is -1.03. The van der Waals surface area contributed by atoms with Crippen LogP contribution in [0.2, 0.25) is 5.02 Å². The van der Waals surface area contributed by atoms with Crippen LogP contribution in [0.15, 0.2) is 24.3 Å². The molecule has 1 atom stereocenters. The Balaban J connectivity index is 2.31. The molecule has 0 amide bonds. The van der Waals surface area contributed by atoms with Gasteiger partial charge in [-0.25, -0.2) is 0 Å². The zero-order valence-corrected chi connectivity index (χ0v) is 13.7. The van der Waals surface area contributed by atoms with Gasteiger partial charge in [0.15, 0.2) is 0 Å². The second kappa shape index (κ2) is 10.7. The van der Waals surface area contributed by atoms with Crippen molar-refractivity contribution in [2.24, 2.45) is 5.92 Å². The van der Waals surface area contributed by atoms with Crippen LogP contribution in [-0.2, 0) is 11.2 Å². The molecule has 118 valence electrons. The highest BCUT2D eigenvalue weighted by molar-refractivity contribution is 6.31. The Labute approximate surface area is 133 Å². The van der Waals surface area contributed by atoms with Crippen molar-refractivity contribution in [3.63, 3.8) is 0 Å². The number of carboxylic acid groups (broad SMARTS) is 1. The van der Waals surface area contributed by atoms with Crippen LogP contribution in [0.3, 0.4) is 0 Å². The summed E-state index contributed by atoms with van der Waals surface area (Å²) in [6, 6.07) is 7.53. The van der Waals surface area contributed by atoms with Gasteiger partial charge in [0.25, 0.3) is 0 Å². The molecule has 1 N–H and O–H groups in total. The van der Waals surface area contributed by atoms with E-state index in [0.29, 0.717) is 11.4 Å². The molecule has 0 saturated heterocycles. The van der Waals surface area contributed by atoms with Crippen LogP contribution in [0.4, 0.5) is 0 Å². The lowest BCUT2D eigenvalue weighted by Crippen LogP contribution is -2.16. The van der Waals surface area contributed by atoms with Gasteiger partial charge in [0.05, 0.1) is 5.92 Å².